The van der Waals surface area contributed by atoms with Crippen LogP contribution in [-0.2, 0) is 6.42 Å². The molecule has 0 spiro atoms. The standard InChI is InChI=1S/C17H16ClFN2O/c1-11-6-7-12-10-13(19)8-9-16(12)21(11)17(22)20-15-5-3-2-4-14(15)18/h2-5,8-11H,6-7H2,1H3,(H,20,22)/t11-/m1/s1. The Morgan fingerprint density at radius 2 is 2.09 bits per heavy atom. The highest BCUT2D eigenvalue weighted by atomic mass is 35.5. The third kappa shape index (κ3) is 2.79. The smallest absolute Gasteiger partial charge is 0.306 e. The van der Waals surface area contributed by atoms with E-state index in [0.29, 0.717) is 10.7 Å². The summed E-state index contributed by atoms with van der Waals surface area (Å²) >= 11 is 6.08. The number of aryl methyl sites for hydroxylation is 1. The summed E-state index contributed by atoms with van der Waals surface area (Å²) in [4.78, 5) is 14.3. The molecular formula is C17H16ClFN2O. The quantitative estimate of drug-likeness (QED) is 0.800. The predicted octanol–water partition coefficient (Wildman–Crippen LogP) is 4.85. The van der Waals surface area contributed by atoms with Crippen LogP contribution in [-0.4, -0.2) is 12.1 Å². The second kappa shape index (κ2) is 5.97. The molecule has 22 heavy (non-hydrogen) atoms. The normalized spacial score (nSPS) is 17.0. The lowest BCUT2D eigenvalue weighted by Crippen LogP contribution is -2.44. The Hall–Kier alpha value is -2.07. The van der Waals surface area contributed by atoms with Crippen LogP contribution in [0.5, 0.6) is 0 Å². The van der Waals surface area contributed by atoms with Crippen molar-refractivity contribution in [3.63, 3.8) is 0 Å². The van der Waals surface area contributed by atoms with Crippen LogP contribution in [0.3, 0.4) is 0 Å². The maximum Gasteiger partial charge on any atom is 0.326 e. The summed E-state index contributed by atoms with van der Waals surface area (Å²) in [6.07, 6.45) is 1.57. The molecule has 2 aromatic carbocycles. The van der Waals surface area contributed by atoms with Crippen molar-refractivity contribution in [2.45, 2.75) is 25.8 Å². The van der Waals surface area contributed by atoms with Crippen molar-refractivity contribution in [1.82, 2.24) is 0 Å². The van der Waals surface area contributed by atoms with Crippen LogP contribution in [0.4, 0.5) is 20.6 Å². The molecule has 3 nitrogen and oxygen atoms in total. The van der Waals surface area contributed by atoms with E-state index < -0.39 is 0 Å². The SMILES string of the molecule is C[C@@H]1CCc2cc(F)ccc2N1C(=O)Nc1ccccc1Cl. The van der Waals surface area contributed by atoms with Gasteiger partial charge in [0, 0.05) is 11.7 Å². The molecule has 1 aliphatic rings. The van der Waals surface area contributed by atoms with Gasteiger partial charge in [-0.05, 0) is 55.7 Å². The van der Waals surface area contributed by atoms with Gasteiger partial charge < -0.3 is 5.32 Å². The van der Waals surface area contributed by atoms with Crippen molar-refractivity contribution in [2.24, 2.45) is 0 Å². The van der Waals surface area contributed by atoms with Gasteiger partial charge in [-0.15, -0.1) is 0 Å². The molecule has 0 saturated heterocycles. The first-order valence-corrected chi connectivity index (χ1v) is 7.57. The molecule has 0 aliphatic carbocycles. The monoisotopic (exact) mass is 318 g/mol. The molecule has 0 radical (unpaired) electrons. The number of hydrogen-bond donors (Lipinski definition) is 1. The van der Waals surface area contributed by atoms with E-state index in [9.17, 15) is 9.18 Å². The number of para-hydroxylation sites is 1. The van der Waals surface area contributed by atoms with Gasteiger partial charge in [-0.25, -0.2) is 9.18 Å². The average molecular weight is 319 g/mol. The first-order chi connectivity index (χ1) is 10.6. The van der Waals surface area contributed by atoms with Crippen molar-refractivity contribution < 1.29 is 9.18 Å². The zero-order valence-corrected chi connectivity index (χ0v) is 12.9. The molecule has 1 atom stereocenters. The van der Waals surface area contributed by atoms with Gasteiger partial charge in [0.2, 0.25) is 0 Å². The summed E-state index contributed by atoms with van der Waals surface area (Å²) in [7, 11) is 0. The highest BCUT2D eigenvalue weighted by molar-refractivity contribution is 6.33. The third-order valence-electron chi connectivity index (χ3n) is 3.91. The van der Waals surface area contributed by atoms with Crippen LogP contribution in [0.15, 0.2) is 42.5 Å². The molecule has 114 valence electrons. The number of carbonyl (C=O) groups excluding carboxylic acids is 1. The van der Waals surface area contributed by atoms with Gasteiger partial charge >= 0.3 is 6.03 Å². The lowest BCUT2D eigenvalue weighted by molar-refractivity contribution is 0.254. The van der Waals surface area contributed by atoms with Gasteiger partial charge in [0.25, 0.3) is 0 Å². The van der Waals surface area contributed by atoms with Crippen LogP contribution in [0.1, 0.15) is 18.9 Å². The molecule has 5 heteroatoms. The van der Waals surface area contributed by atoms with Crippen molar-refractivity contribution >= 4 is 29.0 Å². The fourth-order valence-corrected chi connectivity index (χ4v) is 2.95. The number of anilines is 2. The molecule has 3 rings (SSSR count). The molecule has 0 unspecified atom stereocenters. The molecule has 1 N–H and O–H groups in total. The number of nitrogens with zero attached hydrogens (tertiary/aromatic N) is 1. The maximum absolute atomic E-state index is 13.4. The number of urea groups is 1. The van der Waals surface area contributed by atoms with Crippen LogP contribution in [0, 0.1) is 5.82 Å². The summed E-state index contributed by atoms with van der Waals surface area (Å²) in [5.74, 6) is -0.278. The second-order valence-electron chi connectivity index (χ2n) is 5.44. The zero-order chi connectivity index (χ0) is 15.7. The van der Waals surface area contributed by atoms with Crippen LogP contribution in [0.25, 0.3) is 0 Å². The Kier molecular flexibility index (Phi) is 4.03. The number of halogens is 2. The minimum absolute atomic E-state index is 0.0421. The maximum atomic E-state index is 13.4. The van der Waals surface area contributed by atoms with Crippen LogP contribution in [0.2, 0.25) is 5.02 Å². The van der Waals surface area contributed by atoms with Crippen molar-refractivity contribution in [1.29, 1.82) is 0 Å². The molecule has 0 saturated carbocycles. The molecule has 1 aliphatic heterocycles. The summed E-state index contributed by atoms with van der Waals surface area (Å²) in [6, 6.07) is 11.4. The van der Waals surface area contributed by atoms with E-state index in [1.54, 1.807) is 29.2 Å². The summed E-state index contributed by atoms with van der Waals surface area (Å²) in [5, 5.41) is 3.31. The third-order valence-corrected chi connectivity index (χ3v) is 4.24. The summed E-state index contributed by atoms with van der Waals surface area (Å²) in [5.41, 5.74) is 2.17. The minimum Gasteiger partial charge on any atom is -0.306 e. The van der Waals surface area contributed by atoms with E-state index in [1.165, 1.54) is 12.1 Å². The Labute approximate surface area is 133 Å². The average Bonchev–Trinajstić information content (AvgIpc) is 2.49. The minimum atomic E-state index is -0.278. The zero-order valence-electron chi connectivity index (χ0n) is 12.1. The van der Waals surface area contributed by atoms with Gasteiger partial charge in [-0.2, -0.15) is 0 Å². The molecule has 2 aromatic rings. The highest BCUT2D eigenvalue weighted by Crippen LogP contribution is 2.32. The number of benzene rings is 2. The molecule has 0 aromatic heterocycles. The lowest BCUT2D eigenvalue weighted by atomic mass is 9.97. The number of rotatable bonds is 1. The van der Waals surface area contributed by atoms with Crippen LogP contribution >= 0.6 is 11.6 Å². The van der Waals surface area contributed by atoms with E-state index in [-0.39, 0.29) is 17.9 Å². The van der Waals surface area contributed by atoms with Crippen molar-refractivity contribution in [3.8, 4) is 0 Å². The number of nitrogens with one attached hydrogen (secondary N) is 1. The molecule has 1 heterocycles. The van der Waals surface area contributed by atoms with Gasteiger partial charge in [-0.1, -0.05) is 23.7 Å². The second-order valence-corrected chi connectivity index (χ2v) is 5.85. The molecule has 0 bridgehead atoms. The largest absolute Gasteiger partial charge is 0.326 e. The summed E-state index contributed by atoms with van der Waals surface area (Å²) in [6.45, 7) is 1.98. The van der Waals surface area contributed by atoms with Crippen molar-refractivity contribution in [2.75, 3.05) is 10.2 Å². The Morgan fingerprint density at radius 1 is 1.32 bits per heavy atom. The predicted molar refractivity (Wildman–Crippen MR) is 87.1 cm³/mol. The fraction of sp³-hybridized carbons (Fsp3) is 0.235. The summed E-state index contributed by atoms with van der Waals surface area (Å²) < 4.78 is 13.4. The van der Waals surface area contributed by atoms with E-state index in [1.807, 2.05) is 13.0 Å². The Bertz CT molecular complexity index is 720. The van der Waals surface area contributed by atoms with Crippen LogP contribution < -0.4 is 10.2 Å². The lowest BCUT2D eigenvalue weighted by Gasteiger charge is -2.35. The number of fused-ring (bicyclic) bond motifs is 1. The van der Waals surface area contributed by atoms with Gasteiger partial charge in [0.05, 0.1) is 10.7 Å². The fourth-order valence-electron chi connectivity index (χ4n) is 2.77. The van der Waals surface area contributed by atoms with Crippen molar-refractivity contribution in [3.05, 3.63) is 58.9 Å². The van der Waals surface area contributed by atoms with E-state index in [0.717, 1.165) is 24.1 Å². The first-order valence-electron chi connectivity index (χ1n) is 7.19. The van der Waals surface area contributed by atoms with E-state index in [2.05, 4.69) is 5.32 Å². The Morgan fingerprint density at radius 3 is 2.86 bits per heavy atom. The van der Waals surface area contributed by atoms with Gasteiger partial charge in [0.15, 0.2) is 0 Å². The highest BCUT2D eigenvalue weighted by Gasteiger charge is 2.28. The first kappa shape index (κ1) is 14.9. The van der Waals surface area contributed by atoms with E-state index in [4.69, 9.17) is 11.6 Å². The Balaban J connectivity index is 1.91. The molecule has 2 amide bonds. The topological polar surface area (TPSA) is 32.3 Å². The number of hydrogen-bond acceptors (Lipinski definition) is 1. The number of carbonyl (C=O) groups is 1. The van der Waals surface area contributed by atoms with Gasteiger partial charge in [-0.3, -0.25) is 4.90 Å². The van der Waals surface area contributed by atoms with Gasteiger partial charge in [0.1, 0.15) is 5.82 Å². The molecule has 0 fully saturated rings. The van der Waals surface area contributed by atoms with E-state index >= 15 is 0 Å². The number of amides is 2. The molecular weight excluding hydrogens is 303 g/mol.